The molecule has 2 heterocycles. The van der Waals surface area contributed by atoms with Crippen LogP contribution in [0, 0.1) is 22.5 Å². The molecule has 4 rings (SSSR count). The van der Waals surface area contributed by atoms with Crippen LogP contribution in [0.1, 0.15) is 73.4 Å². The fourth-order valence-electron chi connectivity index (χ4n) is 6.38. The van der Waals surface area contributed by atoms with Crippen molar-refractivity contribution in [3.05, 3.63) is 66.1 Å². The number of phosphoric acid groups is 1. The number of hydrogen-bond acceptors (Lipinski definition) is 9. The summed E-state index contributed by atoms with van der Waals surface area (Å²) < 4.78 is 51.5. The Morgan fingerprint density at radius 1 is 1.00 bits per heavy atom. The predicted octanol–water partition coefficient (Wildman–Crippen LogP) is 7.37. The highest BCUT2D eigenvalue weighted by atomic mass is 31.2. The summed E-state index contributed by atoms with van der Waals surface area (Å²) in [5, 5.41) is 13.1. The lowest BCUT2D eigenvalue weighted by molar-refractivity contribution is -0.143. The van der Waals surface area contributed by atoms with Gasteiger partial charge in [0.25, 0.3) is 0 Å². The number of amides is 1. The summed E-state index contributed by atoms with van der Waals surface area (Å²) in [7, 11) is -4.80. The molecule has 0 spiro atoms. The molecule has 0 unspecified atom stereocenters. The highest BCUT2D eigenvalue weighted by Crippen LogP contribution is 2.55. The number of carbonyl (C=O) groups is 1. The lowest BCUT2D eigenvalue weighted by atomic mass is 9.62. The Labute approximate surface area is 303 Å². The van der Waals surface area contributed by atoms with E-state index < -0.39 is 41.8 Å². The number of ether oxygens (including phenoxy) is 1. The first-order valence-electron chi connectivity index (χ1n) is 17.2. The lowest BCUT2D eigenvalue weighted by Gasteiger charge is -2.54. The van der Waals surface area contributed by atoms with E-state index in [1.165, 1.54) is 18.5 Å². The molecule has 16 heteroatoms. The number of phosphoric ester groups is 1. The van der Waals surface area contributed by atoms with Gasteiger partial charge >= 0.3 is 7.82 Å². The number of fused-ring (bicyclic) bond motifs is 1. The summed E-state index contributed by atoms with van der Waals surface area (Å²) in [6.07, 6.45) is 3.81. The molecule has 0 radical (unpaired) electrons. The number of H-pyrrole nitrogens is 1. The van der Waals surface area contributed by atoms with Gasteiger partial charge in [-0.25, -0.2) is 23.3 Å². The summed E-state index contributed by atoms with van der Waals surface area (Å²) in [4.78, 5) is 43.3. The van der Waals surface area contributed by atoms with Crippen LogP contribution in [-0.4, -0.2) is 72.6 Å². The van der Waals surface area contributed by atoms with Crippen molar-refractivity contribution in [2.75, 3.05) is 36.9 Å². The third-order valence-corrected chi connectivity index (χ3v) is 9.47. The Kier molecular flexibility index (Phi) is 13.1. The van der Waals surface area contributed by atoms with Gasteiger partial charge in [0, 0.05) is 36.3 Å². The quantitative estimate of drug-likeness (QED) is 0.0539. The Bertz CT molecular complexity index is 1860. The molecule has 0 fully saturated rings. The minimum atomic E-state index is -4.80. The van der Waals surface area contributed by atoms with Crippen molar-refractivity contribution in [1.82, 2.24) is 25.1 Å². The van der Waals surface area contributed by atoms with E-state index in [-0.39, 0.29) is 12.1 Å². The van der Waals surface area contributed by atoms with Crippen molar-refractivity contribution in [2.24, 2.45) is 10.8 Å². The van der Waals surface area contributed by atoms with E-state index in [9.17, 15) is 27.9 Å². The fourth-order valence-corrected chi connectivity index (χ4v) is 7.39. The first-order chi connectivity index (χ1) is 24.3. The molecule has 52 heavy (non-hydrogen) atoms. The minimum absolute atomic E-state index is 0.151. The number of aromatic nitrogens is 4. The summed E-state index contributed by atoms with van der Waals surface area (Å²) in [5.41, 5.74) is -1.50. The van der Waals surface area contributed by atoms with Crippen LogP contribution in [0.4, 0.5) is 26.1 Å². The normalized spacial score (nSPS) is 12.8. The lowest BCUT2D eigenvalue weighted by Crippen LogP contribution is -2.61. The van der Waals surface area contributed by atoms with E-state index in [4.69, 9.17) is 9.26 Å². The largest absolute Gasteiger partial charge is 0.493 e. The van der Waals surface area contributed by atoms with Gasteiger partial charge in [-0.05, 0) is 54.5 Å². The smallest absolute Gasteiger partial charge is 0.470 e. The standard InChI is InChI=1S/C36H50F2N7O6P/c1-8-9-16-45(22-36(34(2,3)4,35(5,6)7)51-52(47,48)49)17-11-18-50-25-14-15-26-29(21-25)39-23-40-33(26)42-30-19-24(43-44-30)20-31(46)41-28-13-10-12-27(37)32(28)38/h10,12-15,19,21,23H,8-9,11,16-18,20,22H2,1-7H3,(H,41,46)(H2,47,48,49)(H2,39,40,42,43,44). The molecule has 2 aromatic carbocycles. The molecule has 2 aromatic heterocycles. The molecule has 0 aliphatic heterocycles. The van der Waals surface area contributed by atoms with Crippen molar-refractivity contribution >= 4 is 42.0 Å². The Morgan fingerprint density at radius 2 is 1.71 bits per heavy atom. The molecule has 0 saturated heterocycles. The van der Waals surface area contributed by atoms with Crippen molar-refractivity contribution in [2.45, 2.75) is 79.8 Å². The molecule has 13 nitrogen and oxygen atoms in total. The third kappa shape index (κ3) is 10.5. The summed E-state index contributed by atoms with van der Waals surface area (Å²) in [6, 6.07) is 10.6. The van der Waals surface area contributed by atoms with Crippen molar-refractivity contribution < 1.29 is 37.2 Å². The number of carbonyl (C=O) groups excluding carboxylic acids is 1. The molecule has 0 aliphatic rings. The first-order valence-corrected chi connectivity index (χ1v) is 18.8. The molecule has 0 bridgehead atoms. The van der Waals surface area contributed by atoms with Crippen LogP contribution in [-0.2, 0) is 20.3 Å². The molecule has 1 amide bonds. The zero-order chi connectivity index (χ0) is 38.3. The molecular formula is C36H50F2N7O6P. The fraction of sp³-hybridized carbons (Fsp3) is 0.500. The van der Waals surface area contributed by atoms with Gasteiger partial charge in [0.2, 0.25) is 5.91 Å². The third-order valence-electron chi connectivity index (χ3n) is 8.92. The zero-order valence-corrected chi connectivity index (χ0v) is 31.7. The van der Waals surface area contributed by atoms with E-state index in [1.807, 2.05) is 53.7 Å². The van der Waals surface area contributed by atoms with E-state index >= 15 is 0 Å². The number of anilines is 3. The van der Waals surface area contributed by atoms with Gasteiger partial charge in [-0.3, -0.25) is 14.4 Å². The van der Waals surface area contributed by atoms with Crippen LogP contribution in [0.25, 0.3) is 10.9 Å². The van der Waals surface area contributed by atoms with Crippen LogP contribution >= 0.6 is 7.82 Å². The molecule has 284 valence electrons. The Balaban J connectivity index is 1.38. The second-order valence-electron chi connectivity index (χ2n) is 14.9. The van der Waals surface area contributed by atoms with Crippen molar-refractivity contribution in [1.29, 1.82) is 0 Å². The number of nitrogens with one attached hydrogen (secondary N) is 3. The Hall–Kier alpha value is -4.01. The van der Waals surface area contributed by atoms with Crippen LogP contribution < -0.4 is 15.4 Å². The van der Waals surface area contributed by atoms with Gasteiger partial charge in [-0.2, -0.15) is 5.10 Å². The maximum atomic E-state index is 13.9. The van der Waals surface area contributed by atoms with Gasteiger partial charge in [0.05, 0.1) is 24.2 Å². The number of unbranched alkanes of at least 4 members (excludes halogenated alkanes) is 1. The number of rotatable bonds is 17. The minimum Gasteiger partial charge on any atom is -0.493 e. The van der Waals surface area contributed by atoms with Gasteiger partial charge in [0.15, 0.2) is 17.5 Å². The number of hydrogen-bond donors (Lipinski definition) is 5. The second kappa shape index (κ2) is 16.8. The molecule has 0 atom stereocenters. The summed E-state index contributed by atoms with van der Waals surface area (Å²) >= 11 is 0. The zero-order valence-electron chi connectivity index (χ0n) is 30.8. The van der Waals surface area contributed by atoms with E-state index in [2.05, 4.69) is 42.6 Å². The summed E-state index contributed by atoms with van der Waals surface area (Å²) in [6.45, 7) is 15.9. The number of nitrogens with zero attached hydrogens (tertiary/aromatic N) is 4. The highest BCUT2D eigenvalue weighted by molar-refractivity contribution is 7.46. The highest BCUT2D eigenvalue weighted by Gasteiger charge is 2.55. The van der Waals surface area contributed by atoms with Gasteiger partial charge in [-0.1, -0.05) is 61.0 Å². The monoisotopic (exact) mass is 745 g/mol. The molecule has 0 aliphatic carbocycles. The second-order valence-corrected chi connectivity index (χ2v) is 16.0. The van der Waals surface area contributed by atoms with Crippen LogP contribution in [0.3, 0.4) is 0 Å². The van der Waals surface area contributed by atoms with Crippen molar-refractivity contribution in [3.8, 4) is 5.75 Å². The SMILES string of the molecule is CCCCN(CCCOc1ccc2c(Nc3cc(CC(=O)Nc4cccc(F)c4F)[nH]n3)ncnc2c1)CC(OP(=O)(O)O)(C(C)(C)C)C(C)(C)C. The summed E-state index contributed by atoms with van der Waals surface area (Å²) in [5.74, 6) is -1.25. The first kappa shape index (κ1) is 40.8. The van der Waals surface area contributed by atoms with Crippen LogP contribution in [0.5, 0.6) is 5.75 Å². The maximum absolute atomic E-state index is 13.9. The molecular weight excluding hydrogens is 695 g/mol. The average Bonchev–Trinajstić information content (AvgIpc) is 3.48. The Morgan fingerprint density at radius 3 is 2.38 bits per heavy atom. The van der Waals surface area contributed by atoms with E-state index in [0.29, 0.717) is 60.1 Å². The van der Waals surface area contributed by atoms with Crippen molar-refractivity contribution in [3.63, 3.8) is 0 Å². The average molecular weight is 746 g/mol. The van der Waals surface area contributed by atoms with Crippen LogP contribution in [0.2, 0.25) is 0 Å². The van der Waals surface area contributed by atoms with Gasteiger partial charge in [-0.15, -0.1) is 0 Å². The number of halogens is 2. The molecule has 0 saturated carbocycles. The number of aromatic amines is 1. The molecule has 5 N–H and O–H groups in total. The van der Waals surface area contributed by atoms with E-state index in [1.54, 1.807) is 12.1 Å². The topological polar surface area (TPSA) is 175 Å². The molecule has 4 aromatic rings. The number of benzene rings is 2. The maximum Gasteiger partial charge on any atom is 0.470 e. The van der Waals surface area contributed by atoms with E-state index in [0.717, 1.165) is 25.5 Å². The predicted molar refractivity (Wildman–Crippen MR) is 196 cm³/mol. The van der Waals surface area contributed by atoms with Crippen LogP contribution in [0.15, 0.2) is 48.8 Å². The van der Waals surface area contributed by atoms with Gasteiger partial charge in [0.1, 0.15) is 23.5 Å². The van der Waals surface area contributed by atoms with Gasteiger partial charge < -0.3 is 30.1 Å².